The van der Waals surface area contributed by atoms with E-state index in [1.54, 1.807) is 31.2 Å². The van der Waals surface area contributed by atoms with Gasteiger partial charge in [0.05, 0.1) is 7.11 Å². The third kappa shape index (κ3) is 4.52. The maximum atomic E-state index is 15.4. The number of rotatable bonds is 5. The van der Waals surface area contributed by atoms with E-state index in [1.165, 1.54) is 24.6 Å². The van der Waals surface area contributed by atoms with Gasteiger partial charge in [-0.1, -0.05) is 25.1 Å². The fourth-order valence-corrected chi connectivity index (χ4v) is 3.54. The van der Waals surface area contributed by atoms with Gasteiger partial charge in [0.2, 0.25) is 5.95 Å². The van der Waals surface area contributed by atoms with Crippen molar-refractivity contribution < 1.29 is 17.7 Å². The summed E-state index contributed by atoms with van der Waals surface area (Å²) in [5, 5.41) is 7.19. The second-order valence-electron chi connectivity index (χ2n) is 6.25. The van der Waals surface area contributed by atoms with Gasteiger partial charge in [-0.2, -0.15) is 0 Å². The number of ether oxygens (including phenoxy) is 1. The van der Waals surface area contributed by atoms with Gasteiger partial charge in [-0.05, 0) is 23.8 Å². The quantitative estimate of drug-likeness (QED) is 0.620. The highest BCUT2D eigenvalue weighted by molar-refractivity contribution is 7.99. The summed E-state index contributed by atoms with van der Waals surface area (Å²) in [5.74, 6) is -1.04. The topological polar surface area (TPSA) is 104 Å². The highest BCUT2D eigenvalue weighted by atomic mass is 32.2. The number of hydrogen-bond donors (Lipinski definition) is 2. The average molecular weight is 418 g/mol. The van der Waals surface area contributed by atoms with E-state index >= 15 is 4.39 Å². The Hall–Kier alpha value is -3.04. The zero-order chi connectivity index (χ0) is 21.2. The third-order valence-corrected chi connectivity index (χ3v) is 5.81. The molecule has 4 N–H and O–H groups in total. The number of nitrogens with two attached hydrogens (primary N) is 2. The summed E-state index contributed by atoms with van der Waals surface area (Å²) in [7, 11) is -1.29. The summed E-state index contributed by atoms with van der Waals surface area (Å²) in [4.78, 5) is 8.00. The van der Waals surface area contributed by atoms with Gasteiger partial charge in [0, 0.05) is 38.0 Å². The Labute approximate surface area is 167 Å². The lowest BCUT2D eigenvalue weighted by atomic mass is 10.0. The van der Waals surface area contributed by atoms with Crippen molar-refractivity contribution in [1.82, 2.24) is 9.97 Å². The minimum atomic E-state index is -2.63. The molecule has 2 aromatic carbocycles. The monoisotopic (exact) mass is 418 g/mol. The van der Waals surface area contributed by atoms with Crippen LogP contribution in [0.1, 0.15) is 12.5 Å². The second kappa shape index (κ2) is 8.14. The van der Waals surface area contributed by atoms with Gasteiger partial charge in [0.1, 0.15) is 23.0 Å². The van der Waals surface area contributed by atoms with Crippen LogP contribution in [0.3, 0.4) is 0 Å². The van der Waals surface area contributed by atoms with E-state index in [-0.39, 0.29) is 34.4 Å². The van der Waals surface area contributed by atoms with Crippen LogP contribution in [-0.2, 0) is 9.71 Å². The molecular formula is C20H20F2N4O2S. The van der Waals surface area contributed by atoms with Crippen molar-refractivity contribution in [3.63, 3.8) is 0 Å². The van der Waals surface area contributed by atoms with Gasteiger partial charge in [-0.25, -0.2) is 18.7 Å². The molecule has 3 aromatic rings. The Bertz CT molecular complexity index is 1190. The van der Waals surface area contributed by atoms with E-state index in [2.05, 4.69) is 9.97 Å². The van der Waals surface area contributed by atoms with Crippen molar-refractivity contribution in [3.05, 3.63) is 59.7 Å². The van der Waals surface area contributed by atoms with E-state index < -0.39 is 21.3 Å². The van der Waals surface area contributed by atoms with Crippen molar-refractivity contribution in [2.45, 2.75) is 6.92 Å². The summed E-state index contributed by atoms with van der Waals surface area (Å²) < 4.78 is 46.2. The number of nitrogens with zero attached hydrogens (tertiary/aromatic N) is 2. The molecule has 0 aliphatic carbocycles. The molecule has 9 heteroatoms. The van der Waals surface area contributed by atoms with Crippen LogP contribution >= 0.6 is 0 Å². The maximum Gasteiger partial charge on any atom is 0.221 e. The second-order valence-corrected chi connectivity index (χ2v) is 8.62. The molecule has 29 heavy (non-hydrogen) atoms. The molecule has 0 spiro atoms. The van der Waals surface area contributed by atoms with Crippen molar-refractivity contribution in [2.24, 2.45) is 5.14 Å². The number of hydrogen-bond acceptors (Lipinski definition) is 5. The maximum absolute atomic E-state index is 15.4. The molecule has 1 aromatic heterocycles. The zero-order valence-electron chi connectivity index (χ0n) is 15.9. The van der Waals surface area contributed by atoms with Gasteiger partial charge < -0.3 is 10.5 Å². The van der Waals surface area contributed by atoms with Crippen LogP contribution in [0.2, 0.25) is 0 Å². The molecule has 1 atom stereocenters. The summed E-state index contributed by atoms with van der Waals surface area (Å²) >= 11 is 0. The number of halogens is 2. The first-order valence-corrected chi connectivity index (χ1v) is 10.5. The fourth-order valence-electron chi connectivity index (χ4n) is 2.77. The number of methoxy groups -OCH3 is 1. The van der Waals surface area contributed by atoms with Gasteiger partial charge in [-0.15, -0.1) is 0 Å². The van der Waals surface area contributed by atoms with Gasteiger partial charge in [0.15, 0.2) is 5.82 Å². The molecular weight excluding hydrogens is 398 g/mol. The molecule has 0 radical (unpaired) electrons. The molecule has 6 nitrogen and oxygen atoms in total. The molecule has 0 saturated heterocycles. The van der Waals surface area contributed by atoms with Crippen LogP contribution in [0.5, 0.6) is 5.75 Å². The highest BCUT2D eigenvalue weighted by Gasteiger charge is 2.20. The molecule has 1 unspecified atom stereocenters. The van der Waals surface area contributed by atoms with Crippen molar-refractivity contribution in [3.8, 4) is 28.3 Å². The minimum Gasteiger partial charge on any atom is -0.496 e. The Balaban J connectivity index is 2.19. The molecule has 3 rings (SSSR count). The minimum absolute atomic E-state index is 0.0471. The van der Waals surface area contributed by atoms with E-state index in [1.807, 2.05) is 0 Å². The smallest absolute Gasteiger partial charge is 0.221 e. The number of nitrogen functional groups attached to an aromatic ring is 1. The van der Waals surface area contributed by atoms with E-state index in [4.69, 9.17) is 15.6 Å². The SMILES string of the molecule is CCS(N)(=O)=Cc1cccc(-c2nc(N)nc(-c3ccc(F)cc3OC)c2F)c1. The van der Waals surface area contributed by atoms with Crippen molar-refractivity contribution in [1.29, 1.82) is 0 Å². The Morgan fingerprint density at radius 1 is 1.14 bits per heavy atom. The third-order valence-electron chi connectivity index (χ3n) is 4.23. The van der Waals surface area contributed by atoms with E-state index in [0.29, 0.717) is 11.1 Å². The van der Waals surface area contributed by atoms with Gasteiger partial charge in [0.25, 0.3) is 0 Å². The van der Waals surface area contributed by atoms with Crippen LogP contribution in [0, 0.1) is 11.6 Å². The summed E-state index contributed by atoms with van der Waals surface area (Å²) in [6, 6.07) is 10.3. The summed E-state index contributed by atoms with van der Waals surface area (Å²) in [6.45, 7) is 1.72. The number of aromatic nitrogens is 2. The lowest BCUT2D eigenvalue weighted by molar-refractivity contribution is 0.412. The van der Waals surface area contributed by atoms with Gasteiger partial charge in [-0.3, -0.25) is 9.35 Å². The van der Waals surface area contributed by atoms with Crippen LogP contribution in [0.4, 0.5) is 14.7 Å². The van der Waals surface area contributed by atoms with E-state index in [9.17, 15) is 8.60 Å². The summed E-state index contributed by atoms with van der Waals surface area (Å²) in [6.07, 6.45) is 0. The summed E-state index contributed by atoms with van der Waals surface area (Å²) in [5.41, 5.74) is 6.85. The fraction of sp³-hybridized carbons (Fsp3) is 0.150. The lowest BCUT2D eigenvalue weighted by Gasteiger charge is -2.12. The number of anilines is 1. The van der Waals surface area contributed by atoms with Crippen LogP contribution in [-0.4, -0.2) is 32.4 Å². The lowest BCUT2D eigenvalue weighted by Crippen LogP contribution is -2.18. The largest absolute Gasteiger partial charge is 0.496 e. The first kappa shape index (κ1) is 20.7. The number of benzene rings is 2. The highest BCUT2D eigenvalue weighted by Crippen LogP contribution is 2.34. The van der Waals surface area contributed by atoms with Crippen LogP contribution in [0.25, 0.3) is 22.5 Å². The predicted molar refractivity (Wildman–Crippen MR) is 112 cm³/mol. The zero-order valence-corrected chi connectivity index (χ0v) is 16.7. The molecule has 0 aliphatic heterocycles. The first-order chi connectivity index (χ1) is 13.7. The Morgan fingerprint density at radius 2 is 1.86 bits per heavy atom. The van der Waals surface area contributed by atoms with Crippen molar-refractivity contribution in [2.75, 3.05) is 18.6 Å². The first-order valence-electron chi connectivity index (χ1n) is 8.66. The van der Waals surface area contributed by atoms with E-state index in [0.717, 1.165) is 6.07 Å². The molecule has 0 amide bonds. The van der Waals surface area contributed by atoms with Crippen molar-refractivity contribution >= 4 is 21.0 Å². The normalized spacial score (nSPS) is 13.0. The average Bonchev–Trinajstić information content (AvgIpc) is 2.69. The molecule has 0 saturated carbocycles. The predicted octanol–water partition coefficient (Wildman–Crippen LogP) is 3.01. The standard InChI is InChI=1S/C20H20F2N4O2S/c1-3-29(24,27)11-12-5-4-6-13(9-12)18-17(22)19(26-20(23)25-18)15-8-7-14(21)10-16(15)28-2/h4-11H,3H2,1-2H3,(H2,24,27)(H2,23,25,26). The molecule has 1 heterocycles. The molecule has 0 fully saturated rings. The van der Waals surface area contributed by atoms with Gasteiger partial charge >= 0.3 is 0 Å². The Morgan fingerprint density at radius 3 is 2.55 bits per heavy atom. The van der Waals surface area contributed by atoms with Crippen LogP contribution in [0.15, 0.2) is 42.5 Å². The Kier molecular flexibility index (Phi) is 5.81. The molecule has 152 valence electrons. The van der Waals surface area contributed by atoms with Crippen LogP contribution < -0.4 is 15.6 Å². The molecule has 0 bridgehead atoms. The molecule has 0 aliphatic rings.